The average molecular weight is 867 g/mol. The number of rotatable bonds is 2. The van der Waals surface area contributed by atoms with Crippen LogP contribution in [-0.2, 0) is 10.8 Å². The van der Waals surface area contributed by atoms with Crippen LogP contribution in [0.15, 0.2) is 206 Å². The summed E-state index contributed by atoms with van der Waals surface area (Å²) in [5.41, 5.74) is 25.2. The van der Waals surface area contributed by atoms with Crippen LogP contribution in [0.1, 0.15) is 49.9 Å². The smallest absolute Gasteiger partial charge is 0.0625 e. The Morgan fingerprint density at radius 2 is 0.618 bits per heavy atom. The number of hydrogen-bond acceptors (Lipinski definition) is 0. The summed E-state index contributed by atoms with van der Waals surface area (Å²) < 4.78 is 5.14. The molecule has 0 saturated heterocycles. The van der Waals surface area contributed by atoms with E-state index in [0.29, 0.717) is 0 Å². The van der Waals surface area contributed by atoms with Crippen molar-refractivity contribution in [1.29, 1.82) is 0 Å². The van der Waals surface area contributed by atoms with Gasteiger partial charge in [-0.2, -0.15) is 0 Å². The molecule has 0 spiro atoms. The number of nitrogens with zero attached hydrogens (tertiary/aromatic N) is 2. The van der Waals surface area contributed by atoms with Crippen LogP contribution in [-0.4, -0.2) is 9.13 Å². The predicted octanol–water partition coefficient (Wildman–Crippen LogP) is 17.5. The van der Waals surface area contributed by atoms with Gasteiger partial charge in [-0.1, -0.05) is 173 Å². The normalized spacial score (nSPS) is 14.4. The lowest BCUT2D eigenvalue weighted by atomic mass is 9.82. The van der Waals surface area contributed by atoms with Gasteiger partial charge in [-0.15, -0.1) is 0 Å². The van der Waals surface area contributed by atoms with Crippen LogP contribution >= 0.6 is 0 Å². The first-order chi connectivity index (χ1) is 33.3. The molecule has 320 valence electrons. The van der Waals surface area contributed by atoms with E-state index in [-0.39, 0.29) is 10.8 Å². The van der Waals surface area contributed by atoms with Crippen molar-refractivity contribution in [3.05, 3.63) is 229 Å². The lowest BCUT2D eigenvalue weighted by Gasteiger charge is -2.24. The molecule has 0 amide bonds. The van der Waals surface area contributed by atoms with Crippen molar-refractivity contribution in [2.24, 2.45) is 0 Å². The lowest BCUT2D eigenvalue weighted by molar-refractivity contribution is 0.661. The Hall–Kier alpha value is -8.20. The van der Waals surface area contributed by atoms with E-state index in [0.717, 1.165) is 0 Å². The molecule has 2 aromatic heterocycles. The van der Waals surface area contributed by atoms with Crippen LogP contribution in [0.25, 0.3) is 122 Å². The second kappa shape index (κ2) is 13.2. The third kappa shape index (κ3) is 4.86. The number of para-hydroxylation sites is 2. The largest absolute Gasteiger partial charge is 0.309 e. The zero-order valence-corrected chi connectivity index (χ0v) is 38.5. The van der Waals surface area contributed by atoms with Crippen LogP contribution in [0.2, 0.25) is 0 Å². The van der Waals surface area contributed by atoms with Crippen LogP contribution in [0.4, 0.5) is 0 Å². The van der Waals surface area contributed by atoms with Crippen LogP contribution < -0.4 is 0 Å². The van der Waals surface area contributed by atoms with Crippen molar-refractivity contribution < 1.29 is 0 Å². The molecule has 12 aromatic rings. The quantitative estimate of drug-likeness (QED) is 0.164. The minimum Gasteiger partial charge on any atom is -0.309 e. The molecule has 68 heavy (non-hydrogen) atoms. The summed E-state index contributed by atoms with van der Waals surface area (Å²) in [5, 5.41) is 7.62. The summed E-state index contributed by atoms with van der Waals surface area (Å²) in [4.78, 5) is 0. The van der Waals surface area contributed by atoms with Gasteiger partial charge in [0.05, 0.1) is 22.4 Å². The molecule has 3 aliphatic carbocycles. The fourth-order valence-electron chi connectivity index (χ4n) is 13.0. The summed E-state index contributed by atoms with van der Waals surface area (Å²) in [6.45, 7) is 9.55. The summed E-state index contributed by atoms with van der Waals surface area (Å²) >= 11 is 0. The first-order valence-electron chi connectivity index (χ1n) is 24.1. The van der Waals surface area contributed by atoms with E-state index in [1.807, 2.05) is 0 Å². The van der Waals surface area contributed by atoms with Crippen molar-refractivity contribution in [3.8, 4) is 78.4 Å². The molecule has 0 unspecified atom stereocenters. The van der Waals surface area contributed by atoms with Gasteiger partial charge in [0.25, 0.3) is 0 Å². The fourth-order valence-corrected chi connectivity index (χ4v) is 13.0. The minimum atomic E-state index is -0.121. The van der Waals surface area contributed by atoms with E-state index in [9.17, 15) is 0 Å². The maximum atomic E-state index is 2.57. The van der Waals surface area contributed by atoms with Crippen LogP contribution in [0, 0.1) is 0 Å². The first-order valence-corrected chi connectivity index (χ1v) is 24.1. The van der Waals surface area contributed by atoms with E-state index < -0.39 is 0 Å². The monoisotopic (exact) mass is 866 g/mol. The number of fused-ring (bicyclic) bond motifs is 20. The third-order valence-corrected chi connectivity index (χ3v) is 16.2. The summed E-state index contributed by atoms with van der Waals surface area (Å²) in [7, 11) is 0. The molecule has 0 atom stereocenters. The van der Waals surface area contributed by atoms with Gasteiger partial charge in [0.1, 0.15) is 0 Å². The van der Waals surface area contributed by atoms with Gasteiger partial charge in [-0.25, -0.2) is 0 Å². The van der Waals surface area contributed by atoms with Gasteiger partial charge < -0.3 is 9.13 Å². The molecule has 2 heterocycles. The molecule has 3 aliphatic rings. The highest BCUT2D eigenvalue weighted by Crippen LogP contribution is 2.57. The van der Waals surface area contributed by atoms with Gasteiger partial charge in [0, 0.05) is 55.2 Å². The van der Waals surface area contributed by atoms with Gasteiger partial charge in [-0.3, -0.25) is 0 Å². The number of benzene rings is 10. The summed E-state index contributed by atoms with van der Waals surface area (Å²) in [6, 6.07) is 78.3. The Bertz CT molecular complexity index is 3930. The molecule has 2 nitrogen and oxygen atoms in total. The molecule has 0 bridgehead atoms. The number of hydrogen-bond donors (Lipinski definition) is 0. The molecule has 15 rings (SSSR count). The Morgan fingerprint density at radius 1 is 0.279 bits per heavy atom. The molecule has 2 heteroatoms. The Kier molecular flexibility index (Phi) is 7.39. The Morgan fingerprint density at radius 3 is 1.04 bits per heavy atom. The van der Waals surface area contributed by atoms with Gasteiger partial charge in [0.2, 0.25) is 0 Å². The maximum absolute atomic E-state index is 2.57. The number of aromatic nitrogens is 2. The molecule has 0 radical (unpaired) electrons. The van der Waals surface area contributed by atoms with Gasteiger partial charge >= 0.3 is 0 Å². The second-order valence-corrected chi connectivity index (χ2v) is 20.4. The highest BCUT2D eigenvalue weighted by molar-refractivity contribution is 6.17. The highest BCUT2D eigenvalue weighted by atomic mass is 15.0. The Balaban J connectivity index is 1.02. The first kappa shape index (κ1) is 38.0. The standard InChI is InChI=1S/C66H46N2/c1-65(2)55-31-29-43(37-53(55)51-33-39-17-5-7-19-41(39)35-57(51)65)67-59-27-15-13-25-49(59)61-46-22-10-12-24-48(46)64-62(45-21-9-11-23-47(45)63(61)67)50-26-14-16-28-60(50)68(64)44-30-32-56-54(38-44)52-34-40-18-6-8-20-42(40)36-58(52)66(56,3)4/h5-38H,1-4H3. The van der Waals surface area contributed by atoms with E-state index in [4.69, 9.17) is 0 Å². The average Bonchev–Trinajstić information content (AvgIpc) is 4.03. The molecule has 0 aliphatic heterocycles. The van der Waals surface area contributed by atoms with Gasteiger partial charge in [-0.05, 0) is 138 Å². The van der Waals surface area contributed by atoms with E-state index in [1.54, 1.807) is 0 Å². The van der Waals surface area contributed by atoms with Gasteiger partial charge in [0.15, 0.2) is 0 Å². The fraction of sp³-hybridized carbons (Fsp3) is 0.0909. The van der Waals surface area contributed by atoms with E-state index >= 15 is 0 Å². The van der Waals surface area contributed by atoms with Crippen molar-refractivity contribution in [2.75, 3.05) is 0 Å². The zero-order valence-electron chi connectivity index (χ0n) is 38.5. The van der Waals surface area contributed by atoms with Crippen molar-refractivity contribution in [3.63, 3.8) is 0 Å². The molecule has 0 saturated carbocycles. The predicted molar refractivity (Wildman–Crippen MR) is 286 cm³/mol. The van der Waals surface area contributed by atoms with E-state index in [2.05, 4.69) is 243 Å². The molecular formula is C66H46N2. The Labute approximate surface area is 396 Å². The van der Waals surface area contributed by atoms with Crippen molar-refractivity contribution in [1.82, 2.24) is 9.13 Å². The molecular weight excluding hydrogens is 821 g/mol. The minimum absolute atomic E-state index is 0.121. The maximum Gasteiger partial charge on any atom is 0.0625 e. The highest BCUT2D eigenvalue weighted by Gasteiger charge is 2.39. The topological polar surface area (TPSA) is 9.86 Å². The zero-order chi connectivity index (χ0) is 45.2. The van der Waals surface area contributed by atoms with Crippen LogP contribution in [0.3, 0.4) is 0 Å². The second-order valence-electron chi connectivity index (χ2n) is 20.4. The summed E-state index contributed by atoms with van der Waals surface area (Å²) in [6.07, 6.45) is 0. The van der Waals surface area contributed by atoms with E-state index in [1.165, 1.54) is 144 Å². The third-order valence-electron chi connectivity index (χ3n) is 16.2. The molecule has 0 fully saturated rings. The van der Waals surface area contributed by atoms with Crippen LogP contribution in [0.5, 0.6) is 0 Å². The molecule has 10 aromatic carbocycles. The summed E-state index contributed by atoms with van der Waals surface area (Å²) in [5.74, 6) is 0. The van der Waals surface area contributed by atoms with Crippen molar-refractivity contribution in [2.45, 2.75) is 38.5 Å². The molecule has 0 N–H and O–H groups in total. The SMILES string of the molecule is CC1(C)c2ccc(-n3c4c(c5ccccc53)-c3ccccc3-c3c(c5ccccc5n3-c3ccc5c(c3)-c3cc6ccccc6cc3C5(C)C)-c3ccccc3-4)cc2-c2cc3ccccc3cc21. The van der Waals surface area contributed by atoms with Crippen molar-refractivity contribution >= 4 is 43.4 Å². The lowest BCUT2D eigenvalue weighted by Crippen LogP contribution is -2.15.